The minimum absolute atomic E-state index is 0.215. The fourth-order valence-corrected chi connectivity index (χ4v) is 3.33. The first-order chi connectivity index (χ1) is 12.2. The molecular formula is C18H20N6O. The van der Waals surface area contributed by atoms with Gasteiger partial charge in [-0.25, -0.2) is 4.52 Å². The van der Waals surface area contributed by atoms with Crippen molar-refractivity contribution in [2.24, 2.45) is 0 Å². The Morgan fingerprint density at radius 2 is 2.00 bits per heavy atom. The molecule has 0 bridgehead atoms. The van der Waals surface area contributed by atoms with Gasteiger partial charge >= 0.3 is 0 Å². The summed E-state index contributed by atoms with van der Waals surface area (Å²) in [7, 11) is 0. The molecule has 0 atom stereocenters. The van der Waals surface area contributed by atoms with Crippen molar-refractivity contribution in [3.8, 4) is 0 Å². The van der Waals surface area contributed by atoms with Gasteiger partial charge in [-0.2, -0.15) is 0 Å². The number of pyridine rings is 2. The molecule has 1 aliphatic rings. The van der Waals surface area contributed by atoms with Gasteiger partial charge < -0.3 is 16.0 Å². The second-order valence-electron chi connectivity index (χ2n) is 6.19. The molecule has 128 valence electrons. The highest BCUT2D eigenvalue weighted by Crippen LogP contribution is 2.28. The molecule has 7 nitrogen and oxygen atoms in total. The fraction of sp³-hybridized carbons (Fsp3) is 0.278. The van der Waals surface area contributed by atoms with Crippen LogP contribution in [0.1, 0.15) is 29.6 Å². The van der Waals surface area contributed by atoms with Gasteiger partial charge in [-0.1, -0.05) is 6.07 Å². The van der Waals surface area contributed by atoms with E-state index in [4.69, 9.17) is 5.73 Å². The van der Waals surface area contributed by atoms with E-state index < -0.39 is 0 Å². The molecule has 3 aromatic rings. The molecular weight excluding hydrogens is 316 g/mol. The van der Waals surface area contributed by atoms with Gasteiger partial charge in [-0.3, -0.25) is 9.78 Å². The van der Waals surface area contributed by atoms with Crippen molar-refractivity contribution in [3.05, 3.63) is 48.4 Å². The van der Waals surface area contributed by atoms with Crippen LogP contribution in [0.2, 0.25) is 0 Å². The van der Waals surface area contributed by atoms with Gasteiger partial charge in [-0.15, -0.1) is 5.10 Å². The minimum atomic E-state index is -0.273. The number of amides is 1. The minimum Gasteiger partial charge on any atom is -0.382 e. The van der Waals surface area contributed by atoms with Crippen LogP contribution < -0.4 is 16.0 Å². The zero-order chi connectivity index (χ0) is 17.2. The topological polar surface area (TPSA) is 88.5 Å². The zero-order valence-corrected chi connectivity index (χ0v) is 13.9. The Bertz CT molecular complexity index is 913. The summed E-state index contributed by atoms with van der Waals surface area (Å²) in [6, 6.07) is 7.47. The first-order valence-electron chi connectivity index (χ1n) is 8.47. The lowest BCUT2D eigenvalue weighted by Crippen LogP contribution is -2.30. The lowest BCUT2D eigenvalue weighted by Gasteiger charge is -2.30. The Hall–Kier alpha value is -3.09. The van der Waals surface area contributed by atoms with E-state index in [1.807, 2.05) is 24.3 Å². The average Bonchev–Trinajstić information content (AvgIpc) is 2.98. The van der Waals surface area contributed by atoms with Crippen molar-refractivity contribution in [1.82, 2.24) is 14.6 Å². The van der Waals surface area contributed by atoms with Gasteiger partial charge in [0.05, 0.1) is 23.1 Å². The van der Waals surface area contributed by atoms with Crippen LogP contribution in [0.4, 0.5) is 17.2 Å². The highest BCUT2D eigenvalue weighted by Gasteiger charge is 2.20. The molecule has 0 unspecified atom stereocenters. The number of nitrogens with two attached hydrogens (primary N) is 1. The monoisotopic (exact) mass is 336 g/mol. The Kier molecular flexibility index (Phi) is 3.97. The van der Waals surface area contributed by atoms with Gasteiger partial charge in [0.25, 0.3) is 5.91 Å². The van der Waals surface area contributed by atoms with Gasteiger partial charge in [-0.05, 0) is 37.5 Å². The molecule has 1 aliphatic heterocycles. The Balaban J connectivity index is 1.66. The van der Waals surface area contributed by atoms with Crippen LogP contribution in [0.15, 0.2) is 42.9 Å². The predicted molar refractivity (Wildman–Crippen MR) is 97.9 cm³/mol. The molecule has 4 heterocycles. The second-order valence-corrected chi connectivity index (χ2v) is 6.19. The third-order valence-corrected chi connectivity index (χ3v) is 4.54. The third-order valence-electron chi connectivity index (χ3n) is 4.54. The van der Waals surface area contributed by atoms with Crippen LogP contribution in [0.5, 0.6) is 0 Å². The third kappa shape index (κ3) is 2.88. The molecule has 0 aliphatic carbocycles. The number of nitrogens with one attached hydrogen (secondary N) is 1. The van der Waals surface area contributed by atoms with E-state index in [0.29, 0.717) is 16.8 Å². The lowest BCUT2D eigenvalue weighted by molar-refractivity contribution is 0.102. The highest BCUT2D eigenvalue weighted by molar-refractivity contribution is 6.13. The summed E-state index contributed by atoms with van der Waals surface area (Å²) >= 11 is 0. The number of fused-ring (bicyclic) bond motifs is 1. The Morgan fingerprint density at radius 3 is 2.84 bits per heavy atom. The van der Waals surface area contributed by atoms with E-state index in [1.54, 1.807) is 23.1 Å². The normalized spacial score (nSPS) is 14.6. The van der Waals surface area contributed by atoms with Gasteiger partial charge in [0.1, 0.15) is 5.56 Å². The van der Waals surface area contributed by atoms with E-state index in [0.717, 1.165) is 31.6 Å². The lowest BCUT2D eigenvalue weighted by atomic mass is 10.1. The second kappa shape index (κ2) is 6.43. The van der Waals surface area contributed by atoms with Crippen LogP contribution in [0.25, 0.3) is 5.52 Å². The van der Waals surface area contributed by atoms with Crippen molar-refractivity contribution in [2.45, 2.75) is 19.3 Å². The number of hydrogen-bond acceptors (Lipinski definition) is 5. The summed E-state index contributed by atoms with van der Waals surface area (Å²) in [5.74, 6) is -0.0583. The van der Waals surface area contributed by atoms with Gasteiger partial charge in [0.15, 0.2) is 5.82 Å². The largest absolute Gasteiger partial charge is 0.382 e. The number of carbonyl (C=O) groups is 1. The van der Waals surface area contributed by atoms with Crippen molar-refractivity contribution < 1.29 is 4.79 Å². The van der Waals surface area contributed by atoms with E-state index in [2.05, 4.69) is 20.3 Å². The summed E-state index contributed by atoms with van der Waals surface area (Å²) in [5, 5.41) is 7.16. The molecule has 25 heavy (non-hydrogen) atoms. The maximum Gasteiger partial charge on any atom is 0.261 e. The number of anilines is 3. The average molecular weight is 336 g/mol. The van der Waals surface area contributed by atoms with Crippen LogP contribution in [0, 0.1) is 0 Å². The van der Waals surface area contributed by atoms with Gasteiger partial charge in [0, 0.05) is 25.5 Å². The van der Waals surface area contributed by atoms with Crippen LogP contribution in [0.3, 0.4) is 0 Å². The maximum absolute atomic E-state index is 12.9. The highest BCUT2D eigenvalue weighted by atomic mass is 16.1. The molecule has 1 fully saturated rings. The molecule has 7 heteroatoms. The van der Waals surface area contributed by atoms with Crippen LogP contribution in [-0.2, 0) is 0 Å². The summed E-state index contributed by atoms with van der Waals surface area (Å²) in [4.78, 5) is 19.3. The smallest absolute Gasteiger partial charge is 0.261 e. The first-order valence-corrected chi connectivity index (χ1v) is 8.47. The summed E-state index contributed by atoms with van der Waals surface area (Å²) in [5.41, 5.74) is 8.73. The van der Waals surface area contributed by atoms with Crippen molar-refractivity contribution in [3.63, 3.8) is 0 Å². The van der Waals surface area contributed by atoms with Gasteiger partial charge in [0.2, 0.25) is 0 Å². The van der Waals surface area contributed by atoms with Crippen LogP contribution in [-0.4, -0.2) is 33.6 Å². The molecule has 0 spiro atoms. The molecule has 1 amide bonds. The van der Waals surface area contributed by atoms with E-state index in [1.165, 1.54) is 6.42 Å². The molecule has 3 aromatic heterocycles. The molecule has 1 saturated heterocycles. The quantitative estimate of drug-likeness (QED) is 0.767. The van der Waals surface area contributed by atoms with Crippen molar-refractivity contribution in [2.75, 3.05) is 29.0 Å². The number of carbonyl (C=O) groups excluding carboxylic acids is 1. The maximum atomic E-state index is 12.9. The summed E-state index contributed by atoms with van der Waals surface area (Å²) < 4.78 is 1.61. The number of nitrogen functional groups attached to an aromatic ring is 1. The fourth-order valence-electron chi connectivity index (χ4n) is 3.33. The van der Waals surface area contributed by atoms with E-state index in [-0.39, 0.29) is 11.7 Å². The number of piperidine rings is 1. The van der Waals surface area contributed by atoms with Crippen LogP contribution >= 0.6 is 0 Å². The molecule has 0 aromatic carbocycles. The number of nitrogens with zero attached hydrogens (tertiary/aromatic N) is 4. The number of hydrogen-bond donors (Lipinski definition) is 2. The molecule has 4 rings (SSSR count). The number of rotatable bonds is 3. The molecule has 3 N–H and O–H groups in total. The standard InChI is InChI=1S/C18H20N6O/c19-17-16(15-6-2-5-11-24(15)22-17)18(25)21-13-12-20-8-7-14(13)23-9-3-1-4-10-23/h2,5-8,11-12H,1,3-4,9-10H2,(H2,19,22)(H,21,25). The predicted octanol–water partition coefficient (Wildman–Crippen LogP) is 2.55. The summed E-state index contributed by atoms with van der Waals surface area (Å²) in [6.45, 7) is 1.98. The summed E-state index contributed by atoms with van der Waals surface area (Å²) in [6.07, 6.45) is 8.79. The SMILES string of the molecule is Nc1nn2ccccc2c1C(=O)Nc1cnccc1N1CCCCC1. The first kappa shape index (κ1) is 15.4. The molecule has 0 radical (unpaired) electrons. The number of aromatic nitrogens is 3. The Labute approximate surface area is 145 Å². The van der Waals surface area contributed by atoms with Crippen molar-refractivity contribution in [1.29, 1.82) is 0 Å². The van der Waals surface area contributed by atoms with E-state index >= 15 is 0 Å². The zero-order valence-electron chi connectivity index (χ0n) is 13.9. The molecule has 0 saturated carbocycles. The Morgan fingerprint density at radius 1 is 1.16 bits per heavy atom. The van der Waals surface area contributed by atoms with E-state index in [9.17, 15) is 4.79 Å². The van der Waals surface area contributed by atoms with Crippen molar-refractivity contribution >= 4 is 28.6 Å².